The summed E-state index contributed by atoms with van der Waals surface area (Å²) >= 11 is 1.14. The van der Waals surface area contributed by atoms with E-state index in [9.17, 15) is 29.6 Å². The first kappa shape index (κ1) is 20.0. The number of nitro groups is 1. The summed E-state index contributed by atoms with van der Waals surface area (Å²) in [7, 11) is 0. The van der Waals surface area contributed by atoms with E-state index in [1.54, 1.807) is 5.38 Å². The van der Waals surface area contributed by atoms with Gasteiger partial charge < -0.3 is 20.5 Å². The molecule has 0 spiro atoms. The average molecular weight is 431 g/mol. The van der Waals surface area contributed by atoms with Gasteiger partial charge in [0.15, 0.2) is 0 Å². The Kier molecular flexibility index (Phi) is 5.22. The maximum Gasteiger partial charge on any atom is 0.310 e. The molecule has 11 heteroatoms. The highest BCUT2D eigenvalue weighted by atomic mass is 32.1. The predicted molar refractivity (Wildman–Crippen MR) is 107 cm³/mol. The zero-order chi connectivity index (χ0) is 21.4. The number of amides is 2. The van der Waals surface area contributed by atoms with E-state index in [0.29, 0.717) is 23.5 Å². The molecule has 2 saturated heterocycles. The average Bonchev–Trinajstić information content (AvgIpc) is 3.43. The van der Waals surface area contributed by atoms with Gasteiger partial charge in [-0.15, -0.1) is 11.3 Å². The van der Waals surface area contributed by atoms with Crippen molar-refractivity contribution < 1.29 is 29.2 Å². The molecular weight excluding hydrogens is 414 g/mol. The SMILES string of the molecule is O=C(Nc1ccc([N+](=O)[O-])cc1)c1ccsc1NC(=O)[C@@H]1[C@@H](C(=O)O)[C@@H]2CC[C@H]1O2. The molecule has 0 saturated carbocycles. The second kappa shape index (κ2) is 7.84. The van der Waals surface area contributed by atoms with Crippen molar-refractivity contribution in [3.05, 3.63) is 51.4 Å². The number of nitrogens with one attached hydrogen (secondary N) is 2. The van der Waals surface area contributed by atoms with E-state index in [-0.39, 0.29) is 11.3 Å². The molecule has 0 unspecified atom stereocenters. The monoisotopic (exact) mass is 431 g/mol. The van der Waals surface area contributed by atoms with E-state index in [1.807, 2.05) is 0 Å². The van der Waals surface area contributed by atoms with Crippen molar-refractivity contribution in [3.63, 3.8) is 0 Å². The number of carboxylic acid groups (broad SMARTS) is 1. The standard InChI is InChI=1S/C19H17N3O7S/c23-16(20-9-1-3-10(4-2-9)22(27)28)11-7-8-30-18(11)21-17(24)14-12-5-6-13(29-12)15(14)19(25)26/h1-4,7-8,12-15H,5-6H2,(H,20,23)(H,21,24)(H,25,26)/t12-,13+,14+,15+/m1/s1. The Hall–Kier alpha value is -3.31. The fourth-order valence-corrected chi connectivity index (χ4v) is 4.76. The first-order chi connectivity index (χ1) is 14.3. The van der Waals surface area contributed by atoms with Crippen LogP contribution in [0.4, 0.5) is 16.4 Å². The molecule has 156 valence electrons. The number of non-ortho nitro benzene ring substituents is 1. The number of benzene rings is 1. The molecule has 4 atom stereocenters. The Morgan fingerprint density at radius 3 is 2.37 bits per heavy atom. The van der Waals surface area contributed by atoms with Gasteiger partial charge in [-0.1, -0.05) is 0 Å². The van der Waals surface area contributed by atoms with E-state index in [2.05, 4.69) is 10.6 Å². The third-order valence-electron chi connectivity index (χ3n) is 5.34. The van der Waals surface area contributed by atoms with Crippen LogP contribution in [-0.4, -0.2) is 40.0 Å². The largest absolute Gasteiger partial charge is 0.481 e. The van der Waals surface area contributed by atoms with Gasteiger partial charge in [-0.05, 0) is 36.4 Å². The summed E-state index contributed by atoms with van der Waals surface area (Å²) in [6.45, 7) is 0. The van der Waals surface area contributed by atoms with Crippen molar-refractivity contribution >= 4 is 45.5 Å². The Bertz CT molecular complexity index is 1020. The first-order valence-electron chi connectivity index (χ1n) is 9.17. The van der Waals surface area contributed by atoms with Gasteiger partial charge in [0, 0.05) is 17.8 Å². The molecule has 30 heavy (non-hydrogen) atoms. The summed E-state index contributed by atoms with van der Waals surface area (Å²) < 4.78 is 5.62. The zero-order valence-electron chi connectivity index (χ0n) is 15.4. The summed E-state index contributed by atoms with van der Waals surface area (Å²) in [6, 6.07) is 6.89. The molecule has 1 aromatic carbocycles. The fraction of sp³-hybridized carbons (Fsp3) is 0.316. The zero-order valence-corrected chi connectivity index (χ0v) is 16.3. The number of carbonyl (C=O) groups excluding carboxylic acids is 2. The third-order valence-corrected chi connectivity index (χ3v) is 6.17. The van der Waals surface area contributed by atoms with E-state index >= 15 is 0 Å². The lowest BCUT2D eigenvalue weighted by Gasteiger charge is -2.23. The minimum Gasteiger partial charge on any atom is -0.481 e. The van der Waals surface area contributed by atoms with Crippen LogP contribution in [0.5, 0.6) is 0 Å². The molecule has 2 amide bonds. The van der Waals surface area contributed by atoms with Gasteiger partial charge in [-0.25, -0.2) is 0 Å². The van der Waals surface area contributed by atoms with E-state index in [4.69, 9.17) is 4.74 Å². The topological polar surface area (TPSA) is 148 Å². The molecular formula is C19H17N3O7S. The Labute approximate surface area is 174 Å². The second-order valence-corrected chi connectivity index (χ2v) is 8.01. The molecule has 2 aromatic rings. The predicted octanol–water partition coefficient (Wildman–Crippen LogP) is 2.73. The summed E-state index contributed by atoms with van der Waals surface area (Å²) in [5.41, 5.74) is 0.474. The minimum atomic E-state index is -1.07. The van der Waals surface area contributed by atoms with E-state index in [0.717, 1.165) is 11.3 Å². The molecule has 2 aliphatic heterocycles. The van der Waals surface area contributed by atoms with Crippen molar-refractivity contribution in [2.24, 2.45) is 11.8 Å². The number of anilines is 2. The summed E-state index contributed by atoms with van der Waals surface area (Å²) in [6.07, 6.45) is 0.350. The number of hydrogen-bond acceptors (Lipinski definition) is 7. The lowest BCUT2D eigenvalue weighted by atomic mass is 9.79. The number of fused-ring (bicyclic) bond motifs is 2. The van der Waals surface area contributed by atoms with Crippen molar-refractivity contribution in [3.8, 4) is 0 Å². The molecule has 0 aliphatic carbocycles. The van der Waals surface area contributed by atoms with Crippen LogP contribution in [0.2, 0.25) is 0 Å². The number of carbonyl (C=O) groups is 3. The number of thiophene rings is 1. The first-order valence-corrected chi connectivity index (χ1v) is 10.1. The Morgan fingerprint density at radius 1 is 1.07 bits per heavy atom. The number of nitrogens with zero attached hydrogens (tertiary/aromatic N) is 1. The quantitative estimate of drug-likeness (QED) is 0.470. The molecule has 10 nitrogen and oxygen atoms in total. The highest BCUT2D eigenvalue weighted by molar-refractivity contribution is 7.14. The van der Waals surface area contributed by atoms with Crippen LogP contribution in [0.3, 0.4) is 0 Å². The van der Waals surface area contributed by atoms with Gasteiger partial charge >= 0.3 is 5.97 Å². The van der Waals surface area contributed by atoms with Gasteiger partial charge in [-0.3, -0.25) is 24.5 Å². The molecule has 2 aliphatic rings. The molecule has 1 aromatic heterocycles. The van der Waals surface area contributed by atoms with Crippen LogP contribution in [0.25, 0.3) is 0 Å². The Morgan fingerprint density at radius 2 is 1.73 bits per heavy atom. The highest BCUT2D eigenvalue weighted by Gasteiger charge is 2.55. The highest BCUT2D eigenvalue weighted by Crippen LogP contribution is 2.44. The smallest absolute Gasteiger partial charge is 0.310 e. The van der Waals surface area contributed by atoms with Gasteiger partial charge in [0.05, 0.1) is 34.5 Å². The normalized spacial score (nSPS) is 24.4. The lowest BCUT2D eigenvalue weighted by Crippen LogP contribution is -2.41. The lowest BCUT2D eigenvalue weighted by molar-refractivity contribution is -0.384. The number of rotatable bonds is 6. The maximum atomic E-state index is 12.8. The fourth-order valence-electron chi connectivity index (χ4n) is 3.97. The van der Waals surface area contributed by atoms with Crippen LogP contribution < -0.4 is 10.6 Å². The third kappa shape index (κ3) is 3.64. The second-order valence-electron chi connectivity index (χ2n) is 7.09. The van der Waals surface area contributed by atoms with Gasteiger partial charge in [-0.2, -0.15) is 0 Å². The van der Waals surface area contributed by atoms with E-state index in [1.165, 1.54) is 30.3 Å². The molecule has 4 rings (SSSR count). The Balaban J connectivity index is 1.46. The molecule has 2 bridgehead atoms. The van der Waals surface area contributed by atoms with Crippen LogP contribution in [0.15, 0.2) is 35.7 Å². The van der Waals surface area contributed by atoms with Crippen molar-refractivity contribution in [1.29, 1.82) is 0 Å². The number of carboxylic acids is 1. The summed E-state index contributed by atoms with van der Waals surface area (Å²) in [4.78, 5) is 47.2. The van der Waals surface area contributed by atoms with Crippen LogP contribution in [0, 0.1) is 22.0 Å². The van der Waals surface area contributed by atoms with E-state index < -0.39 is 46.8 Å². The van der Waals surface area contributed by atoms with Gasteiger partial charge in [0.1, 0.15) is 5.00 Å². The van der Waals surface area contributed by atoms with Gasteiger partial charge in [0.25, 0.3) is 11.6 Å². The minimum absolute atomic E-state index is 0.0995. The van der Waals surface area contributed by atoms with Gasteiger partial charge in [0.2, 0.25) is 5.91 Å². The van der Waals surface area contributed by atoms with Crippen LogP contribution in [0.1, 0.15) is 23.2 Å². The van der Waals surface area contributed by atoms with Crippen LogP contribution >= 0.6 is 11.3 Å². The molecule has 3 heterocycles. The number of ether oxygens (including phenoxy) is 1. The molecule has 3 N–H and O–H groups in total. The number of aliphatic carboxylic acids is 1. The van der Waals surface area contributed by atoms with Crippen LogP contribution in [-0.2, 0) is 14.3 Å². The van der Waals surface area contributed by atoms with Crippen molar-refractivity contribution in [2.75, 3.05) is 10.6 Å². The molecule has 2 fully saturated rings. The summed E-state index contributed by atoms with van der Waals surface area (Å²) in [5, 5.41) is 27.4. The molecule has 0 radical (unpaired) electrons. The van der Waals surface area contributed by atoms with Crippen molar-refractivity contribution in [2.45, 2.75) is 25.0 Å². The number of nitro benzene ring substituents is 1. The number of hydrogen-bond donors (Lipinski definition) is 3. The van der Waals surface area contributed by atoms with Crippen molar-refractivity contribution in [1.82, 2.24) is 0 Å². The summed E-state index contributed by atoms with van der Waals surface area (Å²) in [5.74, 6) is -3.76. The maximum absolute atomic E-state index is 12.8.